The first-order valence-electron chi connectivity index (χ1n) is 5.95. The summed E-state index contributed by atoms with van der Waals surface area (Å²) in [5.41, 5.74) is 10.4. The smallest absolute Gasteiger partial charge is 0.175 e. The van der Waals surface area contributed by atoms with E-state index in [2.05, 4.69) is 10.2 Å². The Kier molecular flexibility index (Phi) is 8.33. The van der Waals surface area contributed by atoms with Crippen molar-refractivity contribution in [3.05, 3.63) is 0 Å². The van der Waals surface area contributed by atoms with E-state index < -0.39 is 5.72 Å². The molecule has 5 nitrogen and oxygen atoms in total. The van der Waals surface area contributed by atoms with Crippen LogP contribution in [0.4, 0.5) is 0 Å². The molecule has 0 aliphatic rings. The molecule has 4 N–H and O–H groups in total. The van der Waals surface area contributed by atoms with Gasteiger partial charge in [0.05, 0.1) is 6.04 Å². The average molecular weight is 230 g/mol. The van der Waals surface area contributed by atoms with E-state index in [1.165, 1.54) is 0 Å². The van der Waals surface area contributed by atoms with Gasteiger partial charge in [-0.3, -0.25) is 0 Å². The van der Waals surface area contributed by atoms with Crippen LogP contribution in [0.5, 0.6) is 0 Å². The highest BCUT2D eigenvalue weighted by Crippen LogP contribution is 2.19. The van der Waals surface area contributed by atoms with E-state index in [4.69, 9.17) is 16.2 Å². The molecule has 0 saturated heterocycles. The molecule has 0 amide bonds. The lowest BCUT2D eigenvalue weighted by Crippen LogP contribution is -2.25. The molecule has 0 aromatic heterocycles. The number of hydrogen-bond acceptors (Lipinski definition) is 5. The lowest BCUT2D eigenvalue weighted by atomic mass is 10.1. The summed E-state index contributed by atoms with van der Waals surface area (Å²) in [5.74, 6) is 0. The van der Waals surface area contributed by atoms with Gasteiger partial charge in [0.25, 0.3) is 0 Å². The van der Waals surface area contributed by atoms with E-state index in [1.54, 1.807) is 7.11 Å². The zero-order valence-electron chi connectivity index (χ0n) is 10.8. The monoisotopic (exact) mass is 230 g/mol. The molecule has 16 heavy (non-hydrogen) atoms. The second-order valence-electron chi connectivity index (χ2n) is 4.27. The maximum absolute atomic E-state index is 5.47. The lowest BCUT2D eigenvalue weighted by molar-refractivity contribution is -0.00185. The molecule has 2 unspecified atom stereocenters. The van der Waals surface area contributed by atoms with Gasteiger partial charge in [0, 0.05) is 7.11 Å². The highest BCUT2D eigenvalue weighted by Gasteiger charge is 2.22. The molecule has 96 valence electrons. The highest BCUT2D eigenvalue weighted by molar-refractivity contribution is 4.71. The molecule has 0 aromatic carbocycles. The van der Waals surface area contributed by atoms with Crippen LogP contribution in [0.3, 0.4) is 0 Å². The van der Waals surface area contributed by atoms with Gasteiger partial charge in [-0.2, -0.15) is 10.2 Å². The van der Waals surface area contributed by atoms with Crippen molar-refractivity contribution in [2.75, 3.05) is 20.2 Å². The summed E-state index contributed by atoms with van der Waals surface area (Å²) in [5, 5.41) is 8.53. The average Bonchev–Trinajstić information content (AvgIpc) is 2.31. The number of nitrogens with zero attached hydrogens (tertiary/aromatic N) is 2. The Hall–Kier alpha value is -0.520. The van der Waals surface area contributed by atoms with Crippen LogP contribution in [0, 0.1) is 0 Å². The standard InChI is InChI=1S/C11H26N4O/c1-10(6-4-8-12)14-15-11(2,16-3)7-5-9-13/h10H,4-9,12-13H2,1-3H3/b15-14+. The van der Waals surface area contributed by atoms with E-state index in [9.17, 15) is 0 Å². The molecule has 5 heteroatoms. The predicted octanol–water partition coefficient (Wildman–Crippen LogP) is 1.67. The molecule has 0 spiro atoms. The van der Waals surface area contributed by atoms with E-state index >= 15 is 0 Å². The Bertz CT molecular complexity index is 198. The SMILES string of the molecule is COC(C)(CCCN)/N=N/C(C)CCCN. The fraction of sp³-hybridized carbons (Fsp3) is 1.00. The molecule has 0 aromatic rings. The van der Waals surface area contributed by atoms with Crippen molar-refractivity contribution in [2.45, 2.75) is 51.3 Å². The largest absolute Gasteiger partial charge is 0.356 e. The molecule has 0 rings (SSSR count). The van der Waals surface area contributed by atoms with E-state index in [1.807, 2.05) is 13.8 Å². The van der Waals surface area contributed by atoms with Crippen LogP contribution < -0.4 is 11.5 Å². The van der Waals surface area contributed by atoms with Crippen molar-refractivity contribution in [1.29, 1.82) is 0 Å². The number of nitrogens with two attached hydrogens (primary N) is 2. The summed E-state index contributed by atoms with van der Waals surface area (Å²) in [6, 6.07) is 0.205. The molecule has 0 saturated carbocycles. The summed E-state index contributed by atoms with van der Waals surface area (Å²) >= 11 is 0. The quantitative estimate of drug-likeness (QED) is 0.591. The number of methoxy groups -OCH3 is 1. The normalized spacial score (nSPS) is 17.6. The third kappa shape index (κ3) is 6.87. The second kappa shape index (κ2) is 8.61. The Morgan fingerprint density at radius 1 is 1.25 bits per heavy atom. The second-order valence-corrected chi connectivity index (χ2v) is 4.27. The van der Waals surface area contributed by atoms with Gasteiger partial charge in [0.15, 0.2) is 5.72 Å². The molecule has 0 bridgehead atoms. The summed E-state index contributed by atoms with van der Waals surface area (Å²) in [7, 11) is 1.65. The maximum atomic E-state index is 5.47. The Morgan fingerprint density at radius 2 is 1.88 bits per heavy atom. The minimum absolute atomic E-state index is 0.205. The molecule has 2 atom stereocenters. The molecular weight excluding hydrogens is 204 g/mol. The third-order valence-electron chi connectivity index (χ3n) is 2.58. The van der Waals surface area contributed by atoms with Crippen molar-refractivity contribution >= 4 is 0 Å². The number of ether oxygens (including phenoxy) is 1. The van der Waals surface area contributed by atoms with Crippen LogP contribution in [0.1, 0.15) is 39.5 Å². The van der Waals surface area contributed by atoms with Crippen LogP contribution in [-0.2, 0) is 4.74 Å². The van der Waals surface area contributed by atoms with Gasteiger partial charge in [-0.25, -0.2) is 0 Å². The first-order valence-corrected chi connectivity index (χ1v) is 5.95. The Morgan fingerprint density at radius 3 is 2.38 bits per heavy atom. The van der Waals surface area contributed by atoms with Gasteiger partial charge in [-0.1, -0.05) is 0 Å². The molecule has 0 aliphatic heterocycles. The highest BCUT2D eigenvalue weighted by atomic mass is 16.5. The van der Waals surface area contributed by atoms with Crippen molar-refractivity contribution in [3.8, 4) is 0 Å². The summed E-state index contributed by atoms with van der Waals surface area (Å²) in [6.07, 6.45) is 3.64. The van der Waals surface area contributed by atoms with Crippen LogP contribution in [0.15, 0.2) is 10.2 Å². The fourth-order valence-electron chi connectivity index (χ4n) is 1.31. The van der Waals surface area contributed by atoms with Crippen LogP contribution in [0.2, 0.25) is 0 Å². The maximum Gasteiger partial charge on any atom is 0.175 e. The molecule has 0 heterocycles. The fourth-order valence-corrected chi connectivity index (χ4v) is 1.31. The van der Waals surface area contributed by atoms with Gasteiger partial charge in [0.1, 0.15) is 0 Å². The van der Waals surface area contributed by atoms with Crippen molar-refractivity contribution in [2.24, 2.45) is 21.7 Å². The van der Waals surface area contributed by atoms with Gasteiger partial charge < -0.3 is 16.2 Å². The summed E-state index contributed by atoms with van der Waals surface area (Å²) in [6.45, 7) is 5.33. The van der Waals surface area contributed by atoms with E-state index in [0.717, 1.165) is 25.7 Å². The van der Waals surface area contributed by atoms with Crippen molar-refractivity contribution in [3.63, 3.8) is 0 Å². The zero-order chi connectivity index (χ0) is 12.4. The molecular formula is C11H26N4O. The molecule has 0 fully saturated rings. The van der Waals surface area contributed by atoms with Crippen LogP contribution >= 0.6 is 0 Å². The first-order chi connectivity index (χ1) is 7.58. The number of hydrogen-bond donors (Lipinski definition) is 2. The third-order valence-corrected chi connectivity index (χ3v) is 2.58. The van der Waals surface area contributed by atoms with E-state index in [0.29, 0.717) is 13.1 Å². The van der Waals surface area contributed by atoms with Gasteiger partial charge in [-0.15, -0.1) is 0 Å². The minimum atomic E-state index is -0.531. The van der Waals surface area contributed by atoms with Gasteiger partial charge >= 0.3 is 0 Å². The van der Waals surface area contributed by atoms with Crippen molar-refractivity contribution in [1.82, 2.24) is 0 Å². The topological polar surface area (TPSA) is 86.0 Å². The van der Waals surface area contributed by atoms with Crippen LogP contribution in [-0.4, -0.2) is 32.0 Å². The number of azo groups is 1. The Balaban J connectivity index is 4.11. The first kappa shape index (κ1) is 15.5. The van der Waals surface area contributed by atoms with Gasteiger partial charge in [0.2, 0.25) is 0 Å². The Labute approximate surface area is 98.6 Å². The minimum Gasteiger partial charge on any atom is -0.356 e. The van der Waals surface area contributed by atoms with Crippen LogP contribution in [0.25, 0.3) is 0 Å². The molecule has 0 radical (unpaired) electrons. The van der Waals surface area contributed by atoms with E-state index in [-0.39, 0.29) is 6.04 Å². The van der Waals surface area contributed by atoms with Gasteiger partial charge in [-0.05, 0) is 52.6 Å². The van der Waals surface area contributed by atoms with Crippen molar-refractivity contribution < 1.29 is 4.74 Å². The zero-order valence-corrected chi connectivity index (χ0v) is 10.8. The summed E-state index contributed by atoms with van der Waals surface area (Å²) < 4.78 is 5.35. The molecule has 0 aliphatic carbocycles. The predicted molar refractivity (Wildman–Crippen MR) is 66.3 cm³/mol. The number of rotatable bonds is 9. The lowest BCUT2D eigenvalue weighted by Gasteiger charge is -2.22. The summed E-state index contributed by atoms with van der Waals surface area (Å²) in [4.78, 5) is 0.